The van der Waals surface area contributed by atoms with Gasteiger partial charge in [-0.25, -0.2) is 4.98 Å². The lowest BCUT2D eigenvalue weighted by atomic mass is 10.0. The molecule has 0 aliphatic carbocycles. The molecule has 0 radical (unpaired) electrons. The Kier molecular flexibility index (Phi) is 4.48. The van der Waals surface area contributed by atoms with Crippen molar-refractivity contribution < 1.29 is 4.79 Å². The van der Waals surface area contributed by atoms with E-state index in [1.165, 1.54) is 17.8 Å². The van der Waals surface area contributed by atoms with E-state index in [0.717, 1.165) is 5.56 Å². The molecule has 1 aromatic heterocycles. The van der Waals surface area contributed by atoms with Gasteiger partial charge in [-0.3, -0.25) is 4.79 Å². The molecule has 0 bridgehead atoms. The highest BCUT2D eigenvalue weighted by Gasteiger charge is 2.21. The summed E-state index contributed by atoms with van der Waals surface area (Å²) in [6.45, 7) is 4.00. The van der Waals surface area contributed by atoms with E-state index < -0.39 is 0 Å². The maximum atomic E-state index is 12.6. The summed E-state index contributed by atoms with van der Waals surface area (Å²) >= 11 is 5.84. The molecule has 2 N–H and O–H groups in total. The molecular weight excluding hydrogens is 286 g/mol. The predicted molar refractivity (Wildman–Crippen MR) is 85.3 cm³/mol. The molecule has 1 amide bonds. The van der Waals surface area contributed by atoms with Gasteiger partial charge in [0.05, 0.1) is 23.5 Å². The number of aryl methyl sites for hydroxylation is 1. The zero-order valence-corrected chi connectivity index (χ0v) is 13.1. The molecule has 1 aromatic carbocycles. The van der Waals surface area contributed by atoms with Crippen molar-refractivity contribution >= 4 is 23.2 Å². The molecule has 1 heterocycles. The van der Waals surface area contributed by atoms with Crippen molar-refractivity contribution in [3.8, 4) is 0 Å². The number of nitrogens with zero attached hydrogens (tertiary/aromatic N) is 2. The van der Waals surface area contributed by atoms with E-state index >= 15 is 0 Å². The zero-order valence-electron chi connectivity index (χ0n) is 12.3. The first kappa shape index (κ1) is 15.3. The smallest absolute Gasteiger partial charge is 0.256 e. The summed E-state index contributed by atoms with van der Waals surface area (Å²) < 4.78 is 0. The maximum Gasteiger partial charge on any atom is 0.256 e. The number of pyridine rings is 1. The molecule has 1 atom stereocenters. The first-order valence-electron chi connectivity index (χ1n) is 6.65. The molecule has 1 unspecified atom stereocenters. The number of amides is 1. The lowest BCUT2D eigenvalue weighted by Crippen LogP contribution is -2.30. The summed E-state index contributed by atoms with van der Waals surface area (Å²) in [7, 11) is 1.75. The minimum atomic E-state index is -0.176. The van der Waals surface area contributed by atoms with Gasteiger partial charge in [0.25, 0.3) is 5.91 Å². The van der Waals surface area contributed by atoms with E-state index in [1.54, 1.807) is 11.9 Å². The molecule has 21 heavy (non-hydrogen) atoms. The van der Waals surface area contributed by atoms with Crippen LogP contribution in [0.15, 0.2) is 36.5 Å². The average molecular weight is 304 g/mol. The van der Waals surface area contributed by atoms with Gasteiger partial charge in [0.1, 0.15) is 5.15 Å². The number of carbonyl (C=O) groups is 1. The number of carbonyl (C=O) groups excluding carboxylic acids is 1. The molecule has 0 fully saturated rings. The van der Waals surface area contributed by atoms with Crippen LogP contribution in [-0.2, 0) is 0 Å². The first-order chi connectivity index (χ1) is 9.90. The SMILES string of the molecule is Cc1ccc(C(C)N(C)C(=O)c2cc(Cl)ncc2N)cc1. The van der Waals surface area contributed by atoms with E-state index in [1.807, 2.05) is 38.1 Å². The highest BCUT2D eigenvalue weighted by Crippen LogP contribution is 2.23. The van der Waals surface area contributed by atoms with Crippen molar-refractivity contribution in [2.75, 3.05) is 12.8 Å². The molecule has 2 aromatic rings. The van der Waals surface area contributed by atoms with Crippen molar-refractivity contribution in [1.29, 1.82) is 0 Å². The van der Waals surface area contributed by atoms with E-state index in [-0.39, 0.29) is 17.1 Å². The highest BCUT2D eigenvalue weighted by atomic mass is 35.5. The first-order valence-corrected chi connectivity index (χ1v) is 7.02. The molecule has 0 spiro atoms. The minimum Gasteiger partial charge on any atom is -0.397 e. The Morgan fingerprint density at radius 2 is 1.95 bits per heavy atom. The third-order valence-corrected chi connectivity index (χ3v) is 3.80. The third kappa shape index (κ3) is 3.34. The molecule has 110 valence electrons. The van der Waals surface area contributed by atoms with Gasteiger partial charge in [-0.15, -0.1) is 0 Å². The van der Waals surface area contributed by atoms with Crippen LogP contribution in [-0.4, -0.2) is 22.8 Å². The Morgan fingerprint density at radius 3 is 2.57 bits per heavy atom. The Balaban J connectivity index is 2.26. The van der Waals surface area contributed by atoms with Crippen LogP contribution < -0.4 is 5.73 Å². The van der Waals surface area contributed by atoms with Crippen molar-refractivity contribution in [3.63, 3.8) is 0 Å². The van der Waals surface area contributed by atoms with Crippen LogP contribution in [0.5, 0.6) is 0 Å². The Morgan fingerprint density at radius 1 is 1.33 bits per heavy atom. The Hall–Kier alpha value is -2.07. The number of benzene rings is 1. The fourth-order valence-corrected chi connectivity index (χ4v) is 2.22. The fourth-order valence-electron chi connectivity index (χ4n) is 2.06. The van der Waals surface area contributed by atoms with Gasteiger partial charge in [0.15, 0.2) is 0 Å². The average Bonchev–Trinajstić information content (AvgIpc) is 2.48. The lowest BCUT2D eigenvalue weighted by Gasteiger charge is -2.26. The summed E-state index contributed by atoms with van der Waals surface area (Å²) in [6.07, 6.45) is 1.40. The van der Waals surface area contributed by atoms with Gasteiger partial charge in [-0.1, -0.05) is 41.4 Å². The number of aromatic nitrogens is 1. The highest BCUT2D eigenvalue weighted by molar-refractivity contribution is 6.29. The molecular formula is C16H18ClN3O. The summed E-state index contributed by atoms with van der Waals surface area (Å²) in [6, 6.07) is 9.53. The van der Waals surface area contributed by atoms with Crippen molar-refractivity contribution in [3.05, 3.63) is 58.4 Å². The van der Waals surface area contributed by atoms with Crippen LogP contribution in [0, 0.1) is 6.92 Å². The largest absolute Gasteiger partial charge is 0.397 e. The second-order valence-electron chi connectivity index (χ2n) is 5.10. The molecule has 2 rings (SSSR count). The number of nitrogens with two attached hydrogens (primary N) is 1. The minimum absolute atomic E-state index is 0.0653. The summed E-state index contributed by atoms with van der Waals surface area (Å²) in [5.74, 6) is -0.176. The summed E-state index contributed by atoms with van der Waals surface area (Å²) in [5.41, 5.74) is 8.77. The maximum absolute atomic E-state index is 12.6. The van der Waals surface area contributed by atoms with Gasteiger partial charge in [0.2, 0.25) is 0 Å². The second-order valence-corrected chi connectivity index (χ2v) is 5.48. The topological polar surface area (TPSA) is 59.2 Å². The Labute approximate surface area is 129 Å². The van der Waals surface area contributed by atoms with Gasteiger partial charge >= 0.3 is 0 Å². The number of hydrogen-bond donors (Lipinski definition) is 1. The van der Waals surface area contributed by atoms with E-state index in [2.05, 4.69) is 4.98 Å². The van der Waals surface area contributed by atoms with Crippen LogP contribution in [0.4, 0.5) is 5.69 Å². The molecule has 0 aliphatic heterocycles. The number of rotatable bonds is 3. The molecule has 4 nitrogen and oxygen atoms in total. The summed E-state index contributed by atoms with van der Waals surface area (Å²) in [4.78, 5) is 18.1. The number of anilines is 1. The molecule has 0 saturated carbocycles. The Bertz CT molecular complexity index is 655. The number of halogens is 1. The molecule has 5 heteroatoms. The number of hydrogen-bond acceptors (Lipinski definition) is 3. The fraction of sp³-hybridized carbons (Fsp3) is 0.250. The van der Waals surface area contributed by atoms with Crippen LogP contribution in [0.2, 0.25) is 5.15 Å². The quantitative estimate of drug-likeness (QED) is 0.883. The van der Waals surface area contributed by atoms with Gasteiger partial charge in [0, 0.05) is 7.05 Å². The van der Waals surface area contributed by atoms with E-state index in [0.29, 0.717) is 11.3 Å². The van der Waals surface area contributed by atoms with E-state index in [4.69, 9.17) is 17.3 Å². The second kappa shape index (κ2) is 6.14. The van der Waals surface area contributed by atoms with Crippen LogP contribution in [0.3, 0.4) is 0 Å². The van der Waals surface area contributed by atoms with Crippen molar-refractivity contribution in [2.24, 2.45) is 0 Å². The van der Waals surface area contributed by atoms with Crippen LogP contribution in [0.1, 0.15) is 34.5 Å². The zero-order chi connectivity index (χ0) is 15.6. The summed E-state index contributed by atoms with van der Waals surface area (Å²) in [5, 5.41) is 0.254. The van der Waals surface area contributed by atoms with Crippen LogP contribution in [0.25, 0.3) is 0 Å². The standard InChI is InChI=1S/C16H18ClN3O/c1-10-4-6-12(7-5-10)11(2)20(3)16(21)13-8-15(17)19-9-14(13)18/h4-9,11H,18H2,1-3H3. The normalized spacial score (nSPS) is 12.0. The van der Waals surface area contributed by atoms with E-state index in [9.17, 15) is 4.79 Å². The van der Waals surface area contributed by atoms with Gasteiger partial charge in [-0.05, 0) is 25.5 Å². The van der Waals surface area contributed by atoms with Crippen LogP contribution >= 0.6 is 11.6 Å². The third-order valence-electron chi connectivity index (χ3n) is 3.59. The predicted octanol–water partition coefficient (Wildman–Crippen LogP) is 3.46. The molecule has 0 saturated heterocycles. The lowest BCUT2D eigenvalue weighted by molar-refractivity contribution is 0.0743. The van der Waals surface area contributed by atoms with Gasteiger partial charge < -0.3 is 10.6 Å². The monoisotopic (exact) mass is 303 g/mol. The van der Waals surface area contributed by atoms with Gasteiger partial charge in [-0.2, -0.15) is 0 Å². The molecule has 0 aliphatic rings. The van der Waals surface area contributed by atoms with Crippen molar-refractivity contribution in [2.45, 2.75) is 19.9 Å². The number of nitrogen functional groups attached to an aromatic ring is 1. The van der Waals surface area contributed by atoms with Crippen molar-refractivity contribution in [1.82, 2.24) is 9.88 Å².